The van der Waals surface area contributed by atoms with E-state index < -0.39 is 5.82 Å². The third kappa shape index (κ3) is 0.887. The van der Waals surface area contributed by atoms with E-state index in [0.717, 1.165) is 0 Å². The van der Waals surface area contributed by atoms with Crippen molar-refractivity contribution < 1.29 is 13.7 Å². The quantitative estimate of drug-likeness (QED) is 0.605. The van der Waals surface area contributed by atoms with Crippen LogP contribution in [0.4, 0.5) is 4.39 Å². The highest BCUT2D eigenvalue weighted by atomic mass is 19.1. The van der Waals surface area contributed by atoms with E-state index in [-0.39, 0.29) is 5.56 Å². The molecule has 4 heteroatoms. The van der Waals surface area contributed by atoms with Gasteiger partial charge in [0.1, 0.15) is 5.82 Å². The van der Waals surface area contributed by atoms with Crippen molar-refractivity contribution in [1.29, 1.82) is 0 Å². The van der Waals surface area contributed by atoms with E-state index in [1.165, 1.54) is 18.3 Å². The van der Waals surface area contributed by atoms with Gasteiger partial charge in [0.25, 0.3) is 0 Å². The zero-order chi connectivity index (χ0) is 8.55. The Labute approximate surface area is 66.8 Å². The number of benzene rings is 1. The van der Waals surface area contributed by atoms with Crippen LogP contribution in [0.3, 0.4) is 0 Å². The summed E-state index contributed by atoms with van der Waals surface area (Å²) in [5, 5.41) is 4.01. The maximum atomic E-state index is 12.9. The van der Waals surface area contributed by atoms with Crippen molar-refractivity contribution in [2.24, 2.45) is 0 Å². The largest absolute Gasteiger partial charge is 0.356 e. The molecule has 1 aromatic carbocycles. The second-order valence-electron chi connectivity index (χ2n) is 2.36. The van der Waals surface area contributed by atoms with E-state index in [0.29, 0.717) is 17.3 Å². The first kappa shape index (κ1) is 6.97. The van der Waals surface area contributed by atoms with E-state index in [9.17, 15) is 9.18 Å². The lowest BCUT2D eigenvalue weighted by Gasteiger charge is -1.91. The van der Waals surface area contributed by atoms with Crippen molar-refractivity contribution in [3.05, 3.63) is 29.7 Å². The van der Waals surface area contributed by atoms with Gasteiger partial charge in [0, 0.05) is 5.39 Å². The highest BCUT2D eigenvalue weighted by Gasteiger charge is 2.05. The average Bonchev–Trinajstić information content (AvgIpc) is 2.49. The molecule has 0 N–H and O–H groups in total. The first-order valence-corrected chi connectivity index (χ1v) is 3.30. The molecule has 0 bridgehead atoms. The molecule has 0 radical (unpaired) electrons. The van der Waals surface area contributed by atoms with Crippen molar-refractivity contribution >= 4 is 17.3 Å². The molecule has 0 amide bonds. The van der Waals surface area contributed by atoms with Gasteiger partial charge in [-0.1, -0.05) is 5.16 Å². The van der Waals surface area contributed by atoms with Gasteiger partial charge < -0.3 is 4.52 Å². The van der Waals surface area contributed by atoms with Crippen LogP contribution in [0.25, 0.3) is 11.0 Å². The summed E-state index contributed by atoms with van der Waals surface area (Å²) in [6.07, 6.45) is 1.84. The number of aldehydes is 1. The third-order valence-electron chi connectivity index (χ3n) is 1.60. The Bertz CT molecular complexity index is 436. The van der Waals surface area contributed by atoms with Crippen LogP contribution < -0.4 is 0 Å². The first-order chi connectivity index (χ1) is 5.81. The van der Waals surface area contributed by atoms with Gasteiger partial charge in [-0.15, -0.1) is 0 Å². The van der Waals surface area contributed by atoms with Gasteiger partial charge in [0.05, 0.1) is 11.8 Å². The number of hydrogen-bond acceptors (Lipinski definition) is 3. The Morgan fingerprint density at radius 3 is 3.08 bits per heavy atom. The lowest BCUT2D eigenvalue weighted by atomic mass is 10.2. The molecule has 0 fully saturated rings. The SMILES string of the molecule is O=Cc1cc2oncc2cc1F. The van der Waals surface area contributed by atoms with Gasteiger partial charge in [0.15, 0.2) is 11.9 Å². The molecular formula is C8H4FNO2. The fraction of sp³-hybridized carbons (Fsp3) is 0. The van der Waals surface area contributed by atoms with Crippen molar-refractivity contribution in [3.8, 4) is 0 Å². The molecule has 0 aliphatic rings. The summed E-state index contributed by atoms with van der Waals surface area (Å²) in [5.74, 6) is -0.555. The molecule has 1 heterocycles. The van der Waals surface area contributed by atoms with Gasteiger partial charge in [0.2, 0.25) is 0 Å². The zero-order valence-corrected chi connectivity index (χ0v) is 5.95. The molecule has 0 unspecified atom stereocenters. The third-order valence-corrected chi connectivity index (χ3v) is 1.60. The molecule has 0 atom stereocenters. The molecular weight excluding hydrogens is 161 g/mol. The molecule has 3 nitrogen and oxygen atoms in total. The molecule has 0 spiro atoms. The number of carbonyl (C=O) groups is 1. The Morgan fingerprint density at radius 2 is 2.33 bits per heavy atom. The molecule has 1 aromatic heterocycles. The minimum absolute atomic E-state index is 0.0146. The standard InChI is InChI=1S/C8H4FNO2/c9-7-1-5-3-10-12-8(5)2-6(7)4-11/h1-4H. The van der Waals surface area contributed by atoms with Crippen LogP contribution in [0.2, 0.25) is 0 Å². The smallest absolute Gasteiger partial charge is 0.167 e. The van der Waals surface area contributed by atoms with E-state index in [2.05, 4.69) is 5.16 Å². The topological polar surface area (TPSA) is 43.1 Å². The highest BCUT2D eigenvalue weighted by molar-refractivity contribution is 5.85. The molecule has 60 valence electrons. The summed E-state index contributed by atoms with van der Waals surface area (Å²) >= 11 is 0. The Balaban J connectivity index is 2.81. The fourth-order valence-electron chi connectivity index (χ4n) is 0.995. The first-order valence-electron chi connectivity index (χ1n) is 3.30. The predicted molar refractivity (Wildman–Crippen MR) is 39.4 cm³/mol. The number of rotatable bonds is 1. The molecule has 0 saturated heterocycles. The molecule has 0 aliphatic heterocycles. The molecule has 0 aliphatic carbocycles. The van der Waals surface area contributed by atoms with Crippen LogP contribution in [0.15, 0.2) is 22.9 Å². The second-order valence-corrected chi connectivity index (χ2v) is 2.36. The second kappa shape index (κ2) is 2.41. The van der Waals surface area contributed by atoms with Crippen molar-refractivity contribution in [1.82, 2.24) is 5.16 Å². The predicted octanol–water partition coefficient (Wildman–Crippen LogP) is 1.78. The lowest BCUT2D eigenvalue weighted by molar-refractivity contribution is 0.112. The number of nitrogens with zero attached hydrogens (tertiary/aromatic N) is 1. The summed E-state index contributed by atoms with van der Waals surface area (Å²) in [5.41, 5.74) is 0.401. The van der Waals surface area contributed by atoms with E-state index in [4.69, 9.17) is 4.52 Å². The number of hydrogen-bond donors (Lipinski definition) is 0. The van der Waals surface area contributed by atoms with Crippen molar-refractivity contribution in [2.75, 3.05) is 0 Å². The lowest BCUT2D eigenvalue weighted by Crippen LogP contribution is -1.85. The Morgan fingerprint density at radius 1 is 1.50 bits per heavy atom. The van der Waals surface area contributed by atoms with Crippen LogP contribution in [0.1, 0.15) is 10.4 Å². The summed E-state index contributed by atoms with van der Waals surface area (Å²) in [6, 6.07) is 2.54. The number of halogens is 1. The summed E-state index contributed by atoms with van der Waals surface area (Å²) in [4.78, 5) is 10.3. The normalized spacial score (nSPS) is 10.4. The van der Waals surface area contributed by atoms with Gasteiger partial charge in [-0.05, 0) is 12.1 Å². The van der Waals surface area contributed by atoms with E-state index >= 15 is 0 Å². The summed E-state index contributed by atoms with van der Waals surface area (Å²) < 4.78 is 17.6. The fourth-order valence-corrected chi connectivity index (χ4v) is 0.995. The number of carbonyl (C=O) groups excluding carboxylic acids is 1. The molecule has 2 aromatic rings. The van der Waals surface area contributed by atoms with Crippen LogP contribution >= 0.6 is 0 Å². The molecule has 12 heavy (non-hydrogen) atoms. The van der Waals surface area contributed by atoms with Gasteiger partial charge in [-0.2, -0.15) is 0 Å². The maximum absolute atomic E-state index is 12.9. The summed E-state index contributed by atoms with van der Waals surface area (Å²) in [7, 11) is 0. The number of aromatic nitrogens is 1. The van der Waals surface area contributed by atoms with Crippen LogP contribution in [0.5, 0.6) is 0 Å². The molecule has 0 saturated carbocycles. The van der Waals surface area contributed by atoms with Gasteiger partial charge in [-0.25, -0.2) is 4.39 Å². The molecule has 2 rings (SSSR count). The minimum Gasteiger partial charge on any atom is -0.356 e. The average molecular weight is 165 g/mol. The van der Waals surface area contributed by atoms with Crippen LogP contribution in [-0.2, 0) is 0 Å². The minimum atomic E-state index is -0.555. The van der Waals surface area contributed by atoms with Gasteiger partial charge >= 0.3 is 0 Å². The zero-order valence-electron chi connectivity index (χ0n) is 5.95. The van der Waals surface area contributed by atoms with Crippen molar-refractivity contribution in [2.45, 2.75) is 0 Å². The Hall–Kier alpha value is -1.71. The van der Waals surface area contributed by atoms with Crippen LogP contribution in [-0.4, -0.2) is 11.4 Å². The van der Waals surface area contributed by atoms with Crippen molar-refractivity contribution in [3.63, 3.8) is 0 Å². The van der Waals surface area contributed by atoms with Crippen LogP contribution in [0, 0.1) is 5.82 Å². The maximum Gasteiger partial charge on any atom is 0.167 e. The summed E-state index contributed by atoms with van der Waals surface area (Å²) in [6.45, 7) is 0. The highest BCUT2D eigenvalue weighted by Crippen LogP contribution is 2.17. The van der Waals surface area contributed by atoms with Gasteiger partial charge in [-0.3, -0.25) is 4.79 Å². The number of fused-ring (bicyclic) bond motifs is 1. The Kier molecular flexibility index (Phi) is 1.40. The van der Waals surface area contributed by atoms with E-state index in [1.54, 1.807) is 0 Å². The van der Waals surface area contributed by atoms with E-state index in [1.807, 2.05) is 0 Å². The monoisotopic (exact) mass is 165 g/mol.